The zero-order valence-corrected chi connectivity index (χ0v) is 21.4. The average Bonchev–Trinajstić information content (AvgIpc) is 2.85. The number of ketones is 1. The van der Waals surface area contributed by atoms with Gasteiger partial charge in [-0.15, -0.1) is 0 Å². The molecule has 0 fully saturated rings. The van der Waals surface area contributed by atoms with E-state index in [1.807, 2.05) is 6.07 Å². The molecule has 13 heteroatoms. The van der Waals surface area contributed by atoms with Gasteiger partial charge >= 0.3 is 12.1 Å². The Balaban J connectivity index is 2.37. The maximum atomic E-state index is 12.6. The Bertz CT molecular complexity index is 1340. The number of hydrogen-bond acceptors (Lipinski definition) is 10. The van der Waals surface area contributed by atoms with Gasteiger partial charge in [-0.25, -0.2) is 19.6 Å². The number of carbonyl (C=O) groups is 4. The van der Waals surface area contributed by atoms with Gasteiger partial charge in [0.25, 0.3) is 5.78 Å². The molecule has 0 spiro atoms. The lowest BCUT2D eigenvalue weighted by atomic mass is 10.1. The number of aliphatic carboxylic acids is 1. The first kappa shape index (κ1) is 29.0. The number of hydrogen-bond donors (Lipinski definition) is 3. The molecule has 198 valence electrons. The largest absolute Gasteiger partial charge is 0.475 e. The second kappa shape index (κ2) is 12.1. The first-order valence-electron chi connectivity index (χ1n) is 11.0. The normalized spacial score (nSPS) is 11.4. The summed E-state index contributed by atoms with van der Waals surface area (Å²) < 4.78 is 5.33. The first-order valence-corrected chi connectivity index (χ1v) is 11.0. The number of ether oxygens (including phenoxy) is 1. The van der Waals surface area contributed by atoms with E-state index in [0.717, 1.165) is 4.90 Å². The first-order chi connectivity index (χ1) is 17.8. The van der Waals surface area contributed by atoms with Gasteiger partial charge in [0.1, 0.15) is 29.0 Å². The monoisotopic (exact) mass is 521 g/mol. The van der Waals surface area contributed by atoms with E-state index in [0.29, 0.717) is 23.5 Å². The highest BCUT2D eigenvalue weighted by atomic mass is 16.6. The number of aromatic nitrogens is 2. The molecule has 2 heterocycles. The molecule has 0 saturated carbocycles. The topological polar surface area (TPSA) is 192 Å². The number of carboxylic acid groups (broad SMARTS) is 1. The molecular weight excluding hydrogens is 494 g/mol. The summed E-state index contributed by atoms with van der Waals surface area (Å²) in [6.07, 6.45) is 5.58. The molecule has 0 radical (unpaired) electrons. The Morgan fingerprint density at radius 3 is 2.47 bits per heavy atom. The van der Waals surface area contributed by atoms with Gasteiger partial charge in [0.05, 0.1) is 16.9 Å². The molecule has 0 bridgehead atoms. The van der Waals surface area contributed by atoms with Crippen molar-refractivity contribution >= 4 is 47.3 Å². The van der Waals surface area contributed by atoms with E-state index >= 15 is 0 Å². The van der Waals surface area contributed by atoms with E-state index in [-0.39, 0.29) is 17.2 Å². The van der Waals surface area contributed by atoms with Crippen LogP contribution in [0.25, 0.3) is 0 Å². The molecule has 0 aliphatic rings. The van der Waals surface area contributed by atoms with E-state index in [9.17, 15) is 24.3 Å². The fourth-order valence-corrected chi connectivity index (χ4v) is 2.88. The highest BCUT2D eigenvalue weighted by Gasteiger charge is 2.27. The summed E-state index contributed by atoms with van der Waals surface area (Å²) in [7, 11) is 1.36. The van der Waals surface area contributed by atoms with Crippen LogP contribution >= 0.6 is 0 Å². The predicted molar refractivity (Wildman–Crippen MR) is 139 cm³/mol. The van der Waals surface area contributed by atoms with Gasteiger partial charge in [0, 0.05) is 31.2 Å². The van der Waals surface area contributed by atoms with Crippen LogP contribution in [0.1, 0.15) is 43.7 Å². The van der Waals surface area contributed by atoms with Crippen molar-refractivity contribution in [3.05, 3.63) is 59.7 Å². The van der Waals surface area contributed by atoms with Crippen LogP contribution in [0.2, 0.25) is 0 Å². The van der Waals surface area contributed by atoms with Gasteiger partial charge < -0.3 is 20.9 Å². The number of rotatable bonds is 9. The summed E-state index contributed by atoms with van der Waals surface area (Å²) in [5.74, 6) is -2.81. The molecule has 0 aliphatic heterocycles. The van der Waals surface area contributed by atoms with Gasteiger partial charge in [-0.2, -0.15) is 5.26 Å². The second-order valence-electron chi connectivity index (χ2n) is 8.81. The van der Waals surface area contributed by atoms with Crippen LogP contribution in [0.15, 0.2) is 48.4 Å². The number of amides is 2. The van der Waals surface area contributed by atoms with E-state index in [4.69, 9.17) is 15.7 Å². The lowest BCUT2D eigenvalue weighted by Gasteiger charge is -2.26. The van der Waals surface area contributed by atoms with Crippen molar-refractivity contribution in [3.63, 3.8) is 0 Å². The minimum atomic E-state index is -1.77. The number of pyridine rings is 2. The van der Waals surface area contributed by atoms with Gasteiger partial charge in [-0.3, -0.25) is 19.4 Å². The molecule has 2 aromatic rings. The van der Waals surface area contributed by atoms with Crippen LogP contribution in [-0.4, -0.2) is 52.0 Å². The van der Waals surface area contributed by atoms with Crippen LogP contribution in [0.3, 0.4) is 0 Å². The van der Waals surface area contributed by atoms with Crippen molar-refractivity contribution in [2.45, 2.75) is 33.3 Å². The van der Waals surface area contributed by atoms with Crippen LogP contribution in [0.4, 0.5) is 27.8 Å². The SMILES string of the molecule is C/C(=C\C=C/N(C=O)c1ccc(C#N)cn1)Nc1cc(N(C)C(=O)OC(C)(C)C)c(N)c(C(=O)C(=O)O)n1. The number of anilines is 4. The Kier molecular flexibility index (Phi) is 9.25. The summed E-state index contributed by atoms with van der Waals surface area (Å²) in [6.45, 7) is 6.66. The Labute approximate surface area is 218 Å². The fraction of sp³-hybridized carbons (Fsp3) is 0.240. The van der Waals surface area contributed by atoms with Crippen LogP contribution in [-0.2, 0) is 14.3 Å². The summed E-state index contributed by atoms with van der Waals surface area (Å²) >= 11 is 0. The molecule has 13 nitrogen and oxygen atoms in total. The minimum absolute atomic E-state index is 0.00344. The number of allylic oxidation sites excluding steroid dienone is 3. The second-order valence-corrected chi connectivity index (χ2v) is 8.81. The lowest BCUT2D eigenvalue weighted by molar-refractivity contribution is -0.131. The molecule has 0 aromatic carbocycles. The molecule has 0 aliphatic carbocycles. The minimum Gasteiger partial charge on any atom is -0.475 e. The van der Waals surface area contributed by atoms with Gasteiger partial charge in [-0.1, -0.05) is 0 Å². The Morgan fingerprint density at radius 2 is 1.95 bits per heavy atom. The molecule has 2 amide bonds. The van der Waals surface area contributed by atoms with E-state index in [1.165, 1.54) is 48.6 Å². The Hall–Kier alpha value is -5.25. The fourth-order valence-electron chi connectivity index (χ4n) is 2.88. The van der Waals surface area contributed by atoms with Crippen LogP contribution in [0, 0.1) is 11.3 Å². The van der Waals surface area contributed by atoms with Crippen molar-refractivity contribution in [2.75, 3.05) is 27.9 Å². The number of nitrogens with two attached hydrogens (primary N) is 1. The average molecular weight is 522 g/mol. The van der Waals surface area contributed by atoms with Crippen molar-refractivity contribution in [3.8, 4) is 6.07 Å². The van der Waals surface area contributed by atoms with Crippen molar-refractivity contribution in [1.82, 2.24) is 9.97 Å². The highest BCUT2D eigenvalue weighted by molar-refractivity contribution is 6.40. The van der Waals surface area contributed by atoms with E-state index in [2.05, 4.69) is 15.3 Å². The van der Waals surface area contributed by atoms with E-state index in [1.54, 1.807) is 33.8 Å². The van der Waals surface area contributed by atoms with Gasteiger partial charge in [0.15, 0.2) is 0 Å². The molecule has 0 saturated heterocycles. The zero-order valence-electron chi connectivity index (χ0n) is 21.4. The van der Waals surface area contributed by atoms with Crippen molar-refractivity contribution < 1.29 is 29.0 Å². The van der Waals surface area contributed by atoms with Crippen molar-refractivity contribution in [1.29, 1.82) is 5.26 Å². The summed E-state index contributed by atoms with van der Waals surface area (Å²) in [5, 5.41) is 21.0. The van der Waals surface area contributed by atoms with Crippen LogP contribution in [0.5, 0.6) is 0 Å². The van der Waals surface area contributed by atoms with E-state index < -0.39 is 29.1 Å². The smallest absolute Gasteiger partial charge is 0.414 e. The third-order valence-corrected chi connectivity index (χ3v) is 4.65. The lowest BCUT2D eigenvalue weighted by Crippen LogP contribution is -2.35. The highest BCUT2D eigenvalue weighted by Crippen LogP contribution is 2.30. The maximum Gasteiger partial charge on any atom is 0.414 e. The number of nitrogens with one attached hydrogen (secondary N) is 1. The number of nitriles is 1. The standard InChI is InChI=1S/C25H27N7O6/c1-15(7-6-10-32(14-33)19-9-8-16(12-26)13-28-19)29-18-11-17(31(5)24(37)38-25(2,3)4)20(27)21(30-18)22(34)23(35)36/h6-11,13-14H,27H2,1-5H3,(H,29,30)(H,35,36)/b10-6-,15-7+. The zero-order chi connectivity index (χ0) is 28.6. The third-order valence-electron chi connectivity index (χ3n) is 4.65. The number of carbonyl (C=O) groups excluding carboxylic acids is 3. The molecule has 2 aromatic heterocycles. The predicted octanol–water partition coefficient (Wildman–Crippen LogP) is 3.06. The number of nitrogen functional groups attached to an aromatic ring is 1. The quantitative estimate of drug-likeness (QED) is 0.190. The molecule has 38 heavy (non-hydrogen) atoms. The molecule has 4 N–H and O–H groups in total. The number of Topliss-reactive ketones (excluding diaryl/α,β-unsaturated/α-hetero) is 1. The summed E-state index contributed by atoms with van der Waals surface area (Å²) in [4.78, 5) is 57.9. The summed E-state index contributed by atoms with van der Waals surface area (Å²) in [5.41, 5.74) is 5.14. The molecule has 2 rings (SSSR count). The molecule has 0 unspecified atom stereocenters. The maximum absolute atomic E-state index is 12.6. The number of carboxylic acids is 1. The third kappa shape index (κ3) is 7.62. The van der Waals surface area contributed by atoms with Gasteiger partial charge in [-0.05, 0) is 52.0 Å². The Morgan fingerprint density at radius 1 is 1.26 bits per heavy atom. The van der Waals surface area contributed by atoms with Crippen LogP contribution < -0.4 is 20.9 Å². The molecule has 0 atom stereocenters. The van der Waals surface area contributed by atoms with Crippen molar-refractivity contribution in [2.24, 2.45) is 0 Å². The van der Waals surface area contributed by atoms with Gasteiger partial charge in [0.2, 0.25) is 6.41 Å². The molecular formula is C25H27N7O6. The summed E-state index contributed by atoms with van der Waals surface area (Å²) in [6, 6.07) is 6.32. The number of nitrogens with zero attached hydrogens (tertiary/aromatic N) is 5.